The number of rotatable bonds is 4. The zero-order valence-electron chi connectivity index (χ0n) is 14.8. The van der Waals surface area contributed by atoms with Crippen molar-refractivity contribution >= 4 is 16.8 Å². The molecule has 1 amide bonds. The van der Waals surface area contributed by atoms with Crippen molar-refractivity contribution < 1.29 is 14.6 Å². The summed E-state index contributed by atoms with van der Waals surface area (Å²) in [6, 6.07) is 9.69. The molecule has 2 atom stereocenters. The molecule has 26 heavy (non-hydrogen) atoms. The second kappa shape index (κ2) is 6.95. The topological polar surface area (TPSA) is 88.7 Å². The van der Waals surface area contributed by atoms with Crippen molar-refractivity contribution in [3.8, 4) is 0 Å². The first-order valence-corrected chi connectivity index (χ1v) is 9.28. The van der Waals surface area contributed by atoms with Gasteiger partial charge in [0.15, 0.2) is 0 Å². The molecule has 1 saturated carbocycles. The Bertz CT molecular complexity index is 802. The van der Waals surface area contributed by atoms with E-state index in [-0.39, 0.29) is 23.5 Å². The number of fused-ring (bicyclic) bond motifs is 1. The number of carbonyl (C=O) groups excluding carboxylic acids is 1. The summed E-state index contributed by atoms with van der Waals surface area (Å²) in [4.78, 5) is 19.1. The van der Waals surface area contributed by atoms with Gasteiger partial charge in [-0.25, -0.2) is 0 Å². The lowest BCUT2D eigenvalue weighted by Crippen LogP contribution is -2.62. The fourth-order valence-electron chi connectivity index (χ4n) is 4.32. The third-order valence-corrected chi connectivity index (χ3v) is 6.00. The summed E-state index contributed by atoms with van der Waals surface area (Å²) in [5, 5.41) is 11.3. The number of nitrogens with zero attached hydrogens (tertiary/aromatic N) is 2. The second-order valence-electron chi connectivity index (χ2n) is 7.34. The predicted octanol–water partition coefficient (Wildman–Crippen LogP) is 1.57. The minimum absolute atomic E-state index is 0.00587. The van der Waals surface area contributed by atoms with Crippen molar-refractivity contribution in [3.63, 3.8) is 0 Å². The Balaban J connectivity index is 1.44. The third-order valence-electron chi connectivity index (χ3n) is 6.00. The average Bonchev–Trinajstić information content (AvgIpc) is 2.70. The van der Waals surface area contributed by atoms with Crippen LogP contribution >= 0.6 is 0 Å². The summed E-state index contributed by atoms with van der Waals surface area (Å²) in [5.74, 6) is 0.00587. The maximum Gasteiger partial charge on any atom is 0.255 e. The highest BCUT2D eigenvalue weighted by Crippen LogP contribution is 2.51. The molecule has 1 aromatic heterocycles. The molecular formula is C20H25N3O3. The smallest absolute Gasteiger partial charge is 0.255 e. The molecule has 138 valence electrons. The van der Waals surface area contributed by atoms with Gasteiger partial charge >= 0.3 is 0 Å². The van der Waals surface area contributed by atoms with Crippen LogP contribution in [-0.2, 0) is 4.74 Å². The van der Waals surface area contributed by atoms with Gasteiger partial charge in [-0.3, -0.25) is 9.78 Å². The Morgan fingerprint density at radius 1 is 1.35 bits per heavy atom. The van der Waals surface area contributed by atoms with E-state index in [2.05, 4.69) is 4.98 Å². The van der Waals surface area contributed by atoms with E-state index in [0.717, 1.165) is 23.7 Å². The Morgan fingerprint density at radius 3 is 2.85 bits per heavy atom. The second-order valence-corrected chi connectivity index (χ2v) is 7.34. The number of para-hydroxylation sites is 1. The van der Waals surface area contributed by atoms with Gasteiger partial charge in [0.25, 0.3) is 5.91 Å². The molecular weight excluding hydrogens is 330 g/mol. The molecule has 2 aromatic rings. The molecule has 3 N–H and O–H groups in total. The number of pyridine rings is 1. The maximum absolute atomic E-state index is 12.9. The van der Waals surface area contributed by atoms with E-state index < -0.39 is 0 Å². The molecule has 0 radical (unpaired) electrons. The zero-order chi connectivity index (χ0) is 18.1. The first-order valence-electron chi connectivity index (χ1n) is 9.28. The predicted molar refractivity (Wildman–Crippen MR) is 98.7 cm³/mol. The van der Waals surface area contributed by atoms with Crippen LogP contribution in [0.15, 0.2) is 36.5 Å². The summed E-state index contributed by atoms with van der Waals surface area (Å²) < 4.78 is 5.82. The van der Waals surface area contributed by atoms with Crippen LogP contribution in [0.4, 0.5) is 0 Å². The van der Waals surface area contributed by atoms with Gasteiger partial charge in [0.05, 0.1) is 29.9 Å². The monoisotopic (exact) mass is 355 g/mol. The molecule has 1 aliphatic carbocycles. The molecule has 1 aliphatic heterocycles. The SMILES string of the molecule is NCCO[C@@H]1C[C@H](O)C12CCN(C(=O)c1cnc3ccccc3c1)CC2. The number of ether oxygens (including phenoxy) is 1. The number of carbonyl (C=O) groups is 1. The van der Waals surface area contributed by atoms with Crippen LogP contribution in [0.25, 0.3) is 10.9 Å². The first kappa shape index (κ1) is 17.4. The van der Waals surface area contributed by atoms with Gasteiger partial charge in [-0.15, -0.1) is 0 Å². The molecule has 2 heterocycles. The fraction of sp³-hybridized carbons (Fsp3) is 0.500. The number of aliphatic hydroxyl groups excluding tert-OH is 1. The molecule has 2 fully saturated rings. The third kappa shape index (κ3) is 2.88. The van der Waals surface area contributed by atoms with Gasteiger partial charge in [0.1, 0.15) is 0 Å². The van der Waals surface area contributed by atoms with E-state index >= 15 is 0 Å². The Morgan fingerprint density at radius 2 is 2.12 bits per heavy atom. The van der Waals surface area contributed by atoms with E-state index in [9.17, 15) is 9.90 Å². The van der Waals surface area contributed by atoms with Crippen LogP contribution in [0.2, 0.25) is 0 Å². The first-order chi connectivity index (χ1) is 12.6. The Labute approximate surface area is 153 Å². The Kier molecular flexibility index (Phi) is 4.65. The van der Waals surface area contributed by atoms with Gasteiger partial charge in [-0.1, -0.05) is 18.2 Å². The fourth-order valence-corrected chi connectivity index (χ4v) is 4.32. The van der Waals surface area contributed by atoms with E-state index in [4.69, 9.17) is 10.5 Å². The van der Waals surface area contributed by atoms with Crippen LogP contribution in [0.5, 0.6) is 0 Å². The van der Waals surface area contributed by atoms with Gasteiger partial charge in [0, 0.05) is 43.1 Å². The lowest BCUT2D eigenvalue weighted by Gasteiger charge is -2.56. The van der Waals surface area contributed by atoms with Gasteiger partial charge in [-0.2, -0.15) is 0 Å². The maximum atomic E-state index is 12.9. The number of hydrogen-bond acceptors (Lipinski definition) is 5. The van der Waals surface area contributed by atoms with E-state index in [1.54, 1.807) is 6.20 Å². The largest absolute Gasteiger partial charge is 0.392 e. The quantitative estimate of drug-likeness (QED) is 0.869. The molecule has 6 heteroatoms. The normalized spacial score (nSPS) is 24.6. The highest BCUT2D eigenvalue weighted by Gasteiger charge is 2.56. The molecule has 6 nitrogen and oxygen atoms in total. The standard InChI is InChI=1S/C20H25N3O3/c21-7-10-26-18-12-17(24)20(18)5-8-23(9-6-20)19(25)15-11-14-3-1-2-4-16(14)22-13-15/h1-4,11,13,17-18,24H,5-10,12,21H2/t17-,18+/m0/s1. The van der Waals surface area contributed by atoms with Crippen molar-refractivity contribution in [2.75, 3.05) is 26.2 Å². The minimum Gasteiger partial charge on any atom is -0.392 e. The average molecular weight is 355 g/mol. The molecule has 1 aromatic carbocycles. The number of likely N-dealkylation sites (tertiary alicyclic amines) is 1. The van der Waals surface area contributed by atoms with Crippen molar-refractivity contribution in [1.29, 1.82) is 0 Å². The van der Waals surface area contributed by atoms with Crippen molar-refractivity contribution in [3.05, 3.63) is 42.1 Å². The molecule has 0 bridgehead atoms. The number of hydrogen-bond donors (Lipinski definition) is 2. The van der Waals surface area contributed by atoms with Crippen LogP contribution in [-0.4, -0.2) is 59.3 Å². The molecule has 2 aliphatic rings. The number of piperidine rings is 1. The molecule has 1 spiro atoms. The van der Waals surface area contributed by atoms with Crippen LogP contribution in [0.3, 0.4) is 0 Å². The van der Waals surface area contributed by atoms with Crippen LogP contribution in [0, 0.1) is 5.41 Å². The van der Waals surface area contributed by atoms with Gasteiger partial charge < -0.3 is 20.5 Å². The Hall–Kier alpha value is -2.02. The lowest BCUT2D eigenvalue weighted by atomic mass is 9.58. The van der Waals surface area contributed by atoms with E-state index in [0.29, 0.717) is 38.2 Å². The minimum atomic E-state index is -0.343. The van der Waals surface area contributed by atoms with E-state index in [1.165, 1.54) is 0 Å². The summed E-state index contributed by atoms with van der Waals surface area (Å²) >= 11 is 0. The molecule has 1 saturated heterocycles. The number of amides is 1. The van der Waals surface area contributed by atoms with Crippen LogP contribution < -0.4 is 5.73 Å². The van der Waals surface area contributed by atoms with Crippen molar-refractivity contribution in [2.24, 2.45) is 11.1 Å². The van der Waals surface area contributed by atoms with Gasteiger partial charge in [-0.05, 0) is 25.0 Å². The highest BCUT2D eigenvalue weighted by molar-refractivity contribution is 5.97. The van der Waals surface area contributed by atoms with Crippen LogP contribution in [0.1, 0.15) is 29.6 Å². The summed E-state index contributed by atoms with van der Waals surface area (Å²) in [5.41, 5.74) is 6.82. The lowest BCUT2D eigenvalue weighted by molar-refractivity contribution is -0.207. The number of aromatic nitrogens is 1. The van der Waals surface area contributed by atoms with Crippen molar-refractivity contribution in [2.45, 2.75) is 31.5 Å². The zero-order valence-corrected chi connectivity index (χ0v) is 14.8. The number of aliphatic hydroxyl groups is 1. The molecule has 0 unspecified atom stereocenters. The number of benzene rings is 1. The number of nitrogens with two attached hydrogens (primary N) is 1. The molecule has 4 rings (SSSR count). The van der Waals surface area contributed by atoms with Gasteiger partial charge in [0.2, 0.25) is 0 Å². The summed E-state index contributed by atoms with van der Waals surface area (Å²) in [7, 11) is 0. The summed E-state index contributed by atoms with van der Waals surface area (Å²) in [6.45, 7) is 2.27. The summed E-state index contributed by atoms with van der Waals surface area (Å²) in [6.07, 6.45) is 3.56. The highest BCUT2D eigenvalue weighted by atomic mass is 16.5. The van der Waals surface area contributed by atoms with Crippen molar-refractivity contribution in [1.82, 2.24) is 9.88 Å². The van der Waals surface area contributed by atoms with E-state index in [1.807, 2.05) is 35.2 Å².